The molecule has 2 heterocycles. The Hall–Kier alpha value is -1.91. The molecule has 1 saturated heterocycles. The lowest BCUT2D eigenvalue weighted by Gasteiger charge is -2.30. The fourth-order valence-corrected chi connectivity index (χ4v) is 5.04. The summed E-state index contributed by atoms with van der Waals surface area (Å²) in [6.45, 7) is 5.92. The predicted octanol–water partition coefficient (Wildman–Crippen LogP) is 2.27. The van der Waals surface area contributed by atoms with Crippen LogP contribution in [0.4, 0.5) is 0 Å². The van der Waals surface area contributed by atoms with Gasteiger partial charge in [0.05, 0.1) is 12.0 Å². The number of aromatic nitrogens is 3. The number of nitrogens with one attached hydrogen (secondary N) is 1. The minimum Gasteiger partial charge on any atom is -0.355 e. The van der Waals surface area contributed by atoms with E-state index >= 15 is 0 Å². The molecule has 0 spiro atoms. The average Bonchev–Trinajstić information content (AvgIpc) is 3.19. The number of thioether (sulfide) groups is 1. The molecule has 1 aromatic heterocycles. The van der Waals surface area contributed by atoms with Crippen LogP contribution in [-0.2, 0) is 14.8 Å². The topological polar surface area (TPSA) is 97.2 Å². The number of rotatable bonds is 8. The summed E-state index contributed by atoms with van der Waals surface area (Å²) in [5.74, 6) is 0.969. The summed E-state index contributed by atoms with van der Waals surface area (Å²) < 4.78 is 26.5. The van der Waals surface area contributed by atoms with E-state index in [1.165, 1.54) is 27.9 Å². The Morgan fingerprint density at radius 1 is 1.23 bits per heavy atom. The van der Waals surface area contributed by atoms with Crippen LogP contribution < -0.4 is 5.32 Å². The maximum Gasteiger partial charge on any atom is 0.230 e. The molecule has 30 heavy (non-hydrogen) atoms. The molecule has 1 aromatic carbocycles. The number of amides is 1. The highest BCUT2D eigenvalue weighted by Crippen LogP contribution is 2.22. The van der Waals surface area contributed by atoms with Gasteiger partial charge in [-0.25, -0.2) is 12.7 Å². The first-order valence-corrected chi connectivity index (χ1v) is 12.9. The number of benzene rings is 1. The van der Waals surface area contributed by atoms with Crippen molar-refractivity contribution >= 4 is 27.7 Å². The summed E-state index contributed by atoms with van der Waals surface area (Å²) in [5.41, 5.74) is 2.23. The van der Waals surface area contributed by atoms with Crippen molar-refractivity contribution in [3.05, 3.63) is 36.2 Å². The second-order valence-electron chi connectivity index (χ2n) is 7.93. The Kier molecular flexibility index (Phi) is 7.54. The van der Waals surface area contributed by atoms with Gasteiger partial charge in [0.15, 0.2) is 5.16 Å². The van der Waals surface area contributed by atoms with Crippen molar-refractivity contribution in [1.82, 2.24) is 24.4 Å². The minimum absolute atomic E-state index is 0.0600. The third kappa shape index (κ3) is 6.05. The second-order valence-corrected chi connectivity index (χ2v) is 10.9. The standard InChI is InChI=1S/C20H29N5O3S2/c1-15(2)17-4-6-18(7-5-17)25-14-22-23-20(25)29-13-19(26)21-12-16-8-10-24(11-9-16)30(3,27)28/h4-7,14-16H,8-13H2,1-3H3,(H,21,26). The molecule has 0 radical (unpaired) electrons. The van der Waals surface area contributed by atoms with Crippen molar-refractivity contribution in [1.29, 1.82) is 0 Å². The van der Waals surface area contributed by atoms with E-state index < -0.39 is 10.0 Å². The van der Waals surface area contributed by atoms with Crippen LogP contribution in [-0.4, -0.2) is 65.0 Å². The molecule has 2 aromatic rings. The summed E-state index contributed by atoms with van der Waals surface area (Å²) >= 11 is 1.35. The highest BCUT2D eigenvalue weighted by molar-refractivity contribution is 7.99. The maximum atomic E-state index is 12.3. The van der Waals surface area contributed by atoms with Crippen LogP contribution in [0.25, 0.3) is 5.69 Å². The predicted molar refractivity (Wildman–Crippen MR) is 118 cm³/mol. The van der Waals surface area contributed by atoms with Crippen molar-refractivity contribution in [3.8, 4) is 5.69 Å². The third-order valence-corrected chi connectivity index (χ3v) is 7.56. The summed E-state index contributed by atoms with van der Waals surface area (Å²) in [4.78, 5) is 12.3. The van der Waals surface area contributed by atoms with Crippen LogP contribution >= 0.6 is 11.8 Å². The summed E-state index contributed by atoms with van der Waals surface area (Å²) in [5, 5.41) is 11.8. The van der Waals surface area contributed by atoms with Crippen molar-refractivity contribution in [2.45, 2.75) is 37.8 Å². The first-order valence-electron chi connectivity index (χ1n) is 10.1. The van der Waals surface area contributed by atoms with Crippen LogP contribution in [0.2, 0.25) is 0 Å². The van der Waals surface area contributed by atoms with E-state index in [9.17, 15) is 13.2 Å². The number of hydrogen-bond donors (Lipinski definition) is 1. The van der Waals surface area contributed by atoms with Gasteiger partial charge in [-0.1, -0.05) is 37.7 Å². The highest BCUT2D eigenvalue weighted by atomic mass is 32.2. The van der Waals surface area contributed by atoms with E-state index in [-0.39, 0.29) is 11.7 Å². The zero-order valence-corrected chi connectivity index (χ0v) is 19.2. The third-order valence-electron chi connectivity index (χ3n) is 5.32. The molecule has 164 valence electrons. The van der Waals surface area contributed by atoms with Crippen LogP contribution in [0.5, 0.6) is 0 Å². The zero-order chi connectivity index (χ0) is 21.7. The Bertz CT molecular complexity index is 949. The van der Waals surface area contributed by atoms with E-state index in [0.29, 0.717) is 36.6 Å². The molecule has 10 heteroatoms. The molecule has 1 amide bonds. The lowest BCUT2D eigenvalue weighted by atomic mass is 9.98. The first-order chi connectivity index (χ1) is 14.2. The summed E-state index contributed by atoms with van der Waals surface area (Å²) in [6.07, 6.45) is 4.42. The quantitative estimate of drug-likeness (QED) is 0.619. The van der Waals surface area contributed by atoms with Crippen LogP contribution in [0.1, 0.15) is 38.2 Å². The second kappa shape index (κ2) is 9.93. The molecule has 0 atom stereocenters. The van der Waals surface area contributed by atoms with Crippen LogP contribution in [0.3, 0.4) is 0 Å². The van der Waals surface area contributed by atoms with E-state index in [0.717, 1.165) is 18.5 Å². The Labute approximate surface area is 182 Å². The number of sulfonamides is 1. The maximum absolute atomic E-state index is 12.3. The molecular formula is C20H29N5O3S2. The Morgan fingerprint density at radius 3 is 2.50 bits per heavy atom. The molecule has 1 N–H and O–H groups in total. The first kappa shape index (κ1) is 22.8. The van der Waals surface area contributed by atoms with E-state index in [1.807, 2.05) is 16.7 Å². The molecule has 1 aliphatic heterocycles. The number of carbonyl (C=O) groups excluding carboxylic acids is 1. The smallest absolute Gasteiger partial charge is 0.230 e. The largest absolute Gasteiger partial charge is 0.355 e. The van der Waals surface area contributed by atoms with E-state index in [2.05, 4.69) is 41.5 Å². The molecule has 1 fully saturated rings. The monoisotopic (exact) mass is 451 g/mol. The van der Waals surface area contributed by atoms with Crippen molar-refractivity contribution in [2.24, 2.45) is 5.92 Å². The minimum atomic E-state index is -3.12. The highest BCUT2D eigenvalue weighted by Gasteiger charge is 2.25. The van der Waals surface area contributed by atoms with Gasteiger partial charge in [-0.15, -0.1) is 10.2 Å². The Morgan fingerprint density at radius 2 is 1.90 bits per heavy atom. The van der Waals surface area contributed by atoms with Gasteiger partial charge in [-0.3, -0.25) is 9.36 Å². The van der Waals surface area contributed by atoms with Gasteiger partial charge in [-0.05, 0) is 42.4 Å². The molecule has 8 nitrogen and oxygen atoms in total. The van der Waals surface area contributed by atoms with Gasteiger partial charge in [0, 0.05) is 25.3 Å². The summed E-state index contributed by atoms with van der Waals surface area (Å²) in [7, 11) is -3.12. The lowest BCUT2D eigenvalue weighted by Crippen LogP contribution is -2.41. The number of nitrogens with zero attached hydrogens (tertiary/aromatic N) is 4. The summed E-state index contributed by atoms with van der Waals surface area (Å²) in [6, 6.07) is 8.25. The number of carbonyl (C=O) groups is 1. The Balaban J connectivity index is 1.46. The number of piperidine rings is 1. The molecule has 0 bridgehead atoms. The molecule has 3 rings (SSSR count). The molecule has 0 aliphatic carbocycles. The van der Waals surface area contributed by atoms with Gasteiger partial charge in [-0.2, -0.15) is 0 Å². The van der Waals surface area contributed by atoms with Crippen molar-refractivity contribution < 1.29 is 13.2 Å². The SMILES string of the molecule is CC(C)c1ccc(-n2cnnc2SCC(=O)NCC2CCN(S(C)(=O)=O)CC2)cc1. The van der Waals surface area contributed by atoms with Gasteiger partial charge in [0.25, 0.3) is 0 Å². The molecule has 1 aliphatic rings. The van der Waals surface area contributed by atoms with E-state index in [1.54, 1.807) is 6.33 Å². The van der Waals surface area contributed by atoms with Crippen LogP contribution in [0, 0.1) is 5.92 Å². The van der Waals surface area contributed by atoms with Gasteiger partial charge in [0.2, 0.25) is 15.9 Å². The number of hydrogen-bond acceptors (Lipinski definition) is 6. The average molecular weight is 452 g/mol. The lowest BCUT2D eigenvalue weighted by molar-refractivity contribution is -0.118. The molecular weight excluding hydrogens is 422 g/mol. The van der Waals surface area contributed by atoms with Gasteiger partial charge >= 0.3 is 0 Å². The zero-order valence-electron chi connectivity index (χ0n) is 17.6. The fraction of sp³-hybridized carbons (Fsp3) is 0.550. The van der Waals surface area contributed by atoms with Crippen molar-refractivity contribution in [2.75, 3.05) is 31.6 Å². The van der Waals surface area contributed by atoms with E-state index in [4.69, 9.17) is 0 Å². The molecule has 0 unspecified atom stereocenters. The normalized spacial score (nSPS) is 16.1. The van der Waals surface area contributed by atoms with Crippen molar-refractivity contribution in [3.63, 3.8) is 0 Å². The molecule has 0 saturated carbocycles. The fourth-order valence-electron chi connectivity index (χ4n) is 3.40. The van der Waals surface area contributed by atoms with Gasteiger partial charge in [0.1, 0.15) is 6.33 Å². The van der Waals surface area contributed by atoms with Crippen LogP contribution in [0.15, 0.2) is 35.7 Å². The van der Waals surface area contributed by atoms with Gasteiger partial charge < -0.3 is 5.32 Å².